The van der Waals surface area contributed by atoms with Crippen molar-refractivity contribution in [2.24, 2.45) is 18.4 Å². The van der Waals surface area contributed by atoms with Crippen LogP contribution in [0.25, 0.3) is 0 Å². The number of nitrogens with one attached hydrogen (secondary N) is 1. The lowest BCUT2D eigenvalue weighted by atomic mass is 9.69. The third-order valence-corrected chi connectivity index (χ3v) is 4.59. The molecule has 1 aliphatic carbocycles. The number of rotatable bonds is 3. The van der Waals surface area contributed by atoms with Gasteiger partial charge in [-0.3, -0.25) is 0 Å². The smallest absolute Gasteiger partial charge is 0.125 e. The molecular formula is C16H29N3. The first-order valence-corrected chi connectivity index (χ1v) is 7.63. The van der Waals surface area contributed by atoms with Crippen molar-refractivity contribution in [3.05, 3.63) is 18.2 Å². The quantitative estimate of drug-likeness (QED) is 0.901. The van der Waals surface area contributed by atoms with Gasteiger partial charge in [0.15, 0.2) is 0 Å². The molecule has 1 heterocycles. The van der Waals surface area contributed by atoms with Crippen LogP contribution in [-0.4, -0.2) is 15.6 Å². The Morgan fingerprint density at radius 2 is 2.00 bits per heavy atom. The fraction of sp³-hybridized carbons (Fsp3) is 0.812. The van der Waals surface area contributed by atoms with E-state index in [0.717, 1.165) is 11.7 Å². The average molecular weight is 263 g/mol. The Labute approximate surface area is 117 Å². The Kier molecular flexibility index (Phi) is 4.34. The number of hydrogen-bond donors (Lipinski definition) is 1. The molecule has 2 rings (SSSR count). The minimum absolute atomic E-state index is 0.327. The van der Waals surface area contributed by atoms with Crippen LogP contribution in [0.1, 0.15) is 65.2 Å². The van der Waals surface area contributed by atoms with E-state index in [1.54, 1.807) is 0 Å². The van der Waals surface area contributed by atoms with E-state index in [9.17, 15) is 0 Å². The van der Waals surface area contributed by atoms with Crippen LogP contribution in [0.4, 0.5) is 0 Å². The fourth-order valence-electron chi connectivity index (χ4n) is 3.56. The van der Waals surface area contributed by atoms with E-state index < -0.39 is 0 Å². The molecule has 1 saturated carbocycles. The zero-order chi connectivity index (χ0) is 14.0. The average Bonchev–Trinajstić information content (AvgIpc) is 2.75. The Morgan fingerprint density at radius 3 is 2.58 bits per heavy atom. The normalized spacial score (nSPS) is 26.4. The number of imidazole rings is 1. The zero-order valence-corrected chi connectivity index (χ0v) is 13.1. The van der Waals surface area contributed by atoms with Gasteiger partial charge in [0.25, 0.3) is 0 Å². The van der Waals surface area contributed by atoms with Gasteiger partial charge in [-0.15, -0.1) is 0 Å². The molecular weight excluding hydrogens is 234 g/mol. The Bertz CT molecular complexity index is 402. The predicted octanol–water partition coefficient (Wildman–Crippen LogP) is 3.68. The number of aromatic nitrogens is 2. The lowest BCUT2D eigenvalue weighted by molar-refractivity contribution is 0.123. The number of aryl methyl sites for hydroxylation is 1. The highest BCUT2D eigenvalue weighted by Gasteiger charge is 2.34. The fourth-order valence-corrected chi connectivity index (χ4v) is 3.56. The highest BCUT2D eigenvalue weighted by Crippen LogP contribution is 2.38. The molecule has 0 aliphatic heterocycles. The van der Waals surface area contributed by atoms with Gasteiger partial charge < -0.3 is 9.88 Å². The molecule has 1 aromatic heterocycles. The maximum absolute atomic E-state index is 4.47. The molecule has 3 unspecified atom stereocenters. The van der Waals surface area contributed by atoms with Crippen molar-refractivity contribution in [1.82, 2.24) is 14.9 Å². The summed E-state index contributed by atoms with van der Waals surface area (Å²) in [6.45, 7) is 9.37. The monoisotopic (exact) mass is 263 g/mol. The summed E-state index contributed by atoms with van der Waals surface area (Å²) in [7, 11) is 2.07. The van der Waals surface area contributed by atoms with E-state index in [0.29, 0.717) is 17.5 Å². The lowest BCUT2D eigenvalue weighted by Gasteiger charge is -2.42. The predicted molar refractivity (Wildman–Crippen MR) is 80.0 cm³/mol. The molecule has 1 aromatic rings. The standard InChI is InChI=1S/C16H29N3/c1-12(15-17-10-11-19(15)5)18-14-9-7-6-8-13(14)16(2,3)4/h10-14,18H,6-9H2,1-5H3. The molecule has 108 valence electrons. The minimum atomic E-state index is 0.327. The maximum Gasteiger partial charge on any atom is 0.125 e. The van der Waals surface area contributed by atoms with E-state index in [4.69, 9.17) is 0 Å². The van der Waals surface area contributed by atoms with E-state index in [1.165, 1.54) is 25.7 Å². The molecule has 3 heteroatoms. The largest absolute Gasteiger partial charge is 0.337 e. The molecule has 1 fully saturated rings. The van der Waals surface area contributed by atoms with Gasteiger partial charge in [-0.25, -0.2) is 4.98 Å². The second-order valence-corrected chi connectivity index (χ2v) is 7.15. The second kappa shape index (κ2) is 5.66. The van der Waals surface area contributed by atoms with Crippen molar-refractivity contribution >= 4 is 0 Å². The van der Waals surface area contributed by atoms with Crippen LogP contribution in [-0.2, 0) is 7.05 Å². The van der Waals surface area contributed by atoms with E-state index in [1.807, 2.05) is 12.4 Å². The first kappa shape index (κ1) is 14.6. The molecule has 0 amide bonds. The molecule has 19 heavy (non-hydrogen) atoms. The molecule has 0 bridgehead atoms. The molecule has 3 atom stereocenters. The maximum atomic E-state index is 4.47. The van der Waals surface area contributed by atoms with E-state index in [-0.39, 0.29) is 0 Å². The highest BCUT2D eigenvalue weighted by molar-refractivity contribution is 4.99. The summed E-state index contributed by atoms with van der Waals surface area (Å²) in [6.07, 6.45) is 9.31. The van der Waals surface area contributed by atoms with Crippen molar-refractivity contribution in [3.63, 3.8) is 0 Å². The van der Waals surface area contributed by atoms with Gasteiger partial charge >= 0.3 is 0 Å². The Balaban J connectivity index is 2.06. The zero-order valence-electron chi connectivity index (χ0n) is 13.1. The topological polar surface area (TPSA) is 29.9 Å². The summed E-state index contributed by atoms with van der Waals surface area (Å²) in [5.41, 5.74) is 0.388. The Hall–Kier alpha value is -0.830. The van der Waals surface area contributed by atoms with Crippen molar-refractivity contribution in [2.45, 2.75) is 65.5 Å². The van der Waals surface area contributed by atoms with Crippen LogP contribution in [0, 0.1) is 11.3 Å². The van der Waals surface area contributed by atoms with E-state index >= 15 is 0 Å². The molecule has 0 radical (unpaired) electrons. The summed E-state index contributed by atoms with van der Waals surface area (Å²) in [6, 6.07) is 0.952. The number of nitrogens with zero attached hydrogens (tertiary/aromatic N) is 2. The second-order valence-electron chi connectivity index (χ2n) is 7.15. The van der Waals surface area contributed by atoms with Gasteiger partial charge in [0.2, 0.25) is 0 Å². The van der Waals surface area contributed by atoms with Gasteiger partial charge in [0.05, 0.1) is 6.04 Å². The molecule has 0 saturated heterocycles. The highest BCUT2D eigenvalue weighted by atomic mass is 15.1. The third kappa shape index (κ3) is 3.38. The molecule has 1 N–H and O–H groups in total. The SMILES string of the molecule is CC(NC1CCCCC1C(C)(C)C)c1nccn1C. The van der Waals surface area contributed by atoms with Crippen molar-refractivity contribution in [2.75, 3.05) is 0 Å². The summed E-state index contributed by atoms with van der Waals surface area (Å²) in [4.78, 5) is 4.47. The molecule has 1 aliphatic rings. The molecule has 0 aromatic carbocycles. The summed E-state index contributed by atoms with van der Waals surface area (Å²) in [5, 5.41) is 3.84. The molecule has 0 spiro atoms. The van der Waals surface area contributed by atoms with Crippen molar-refractivity contribution < 1.29 is 0 Å². The van der Waals surface area contributed by atoms with Gasteiger partial charge in [-0.2, -0.15) is 0 Å². The first-order chi connectivity index (χ1) is 8.89. The summed E-state index contributed by atoms with van der Waals surface area (Å²) < 4.78 is 2.12. The van der Waals surface area contributed by atoms with Crippen LogP contribution in [0.15, 0.2) is 12.4 Å². The van der Waals surface area contributed by atoms with Gasteiger partial charge in [0.1, 0.15) is 5.82 Å². The first-order valence-electron chi connectivity index (χ1n) is 7.63. The van der Waals surface area contributed by atoms with Crippen molar-refractivity contribution in [3.8, 4) is 0 Å². The van der Waals surface area contributed by atoms with Gasteiger partial charge in [-0.1, -0.05) is 33.6 Å². The minimum Gasteiger partial charge on any atom is -0.337 e. The van der Waals surface area contributed by atoms with Crippen molar-refractivity contribution in [1.29, 1.82) is 0 Å². The van der Waals surface area contributed by atoms with Gasteiger partial charge in [-0.05, 0) is 31.1 Å². The van der Waals surface area contributed by atoms with Crippen LogP contribution < -0.4 is 5.32 Å². The van der Waals surface area contributed by atoms with Crippen LogP contribution >= 0.6 is 0 Å². The van der Waals surface area contributed by atoms with Crippen LogP contribution in [0.2, 0.25) is 0 Å². The van der Waals surface area contributed by atoms with Crippen LogP contribution in [0.3, 0.4) is 0 Å². The summed E-state index contributed by atoms with van der Waals surface area (Å²) in [5.74, 6) is 1.90. The van der Waals surface area contributed by atoms with Crippen LogP contribution in [0.5, 0.6) is 0 Å². The van der Waals surface area contributed by atoms with E-state index in [2.05, 4.69) is 49.6 Å². The lowest BCUT2D eigenvalue weighted by Crippen LogP contribution is -2.45. The number of hydrogen-bond acceptors (Lipinski definition) is 2. The summed E-state index contributed by atoms with van der Waals surface area (Å²) >= 11 is 0. The molecule has 3 nitrogen and oxygen atoms in total. The Morgan fingerprint density at radius 1 is 1.32 bits per heavy atom. The third-order valence-electron chi connectivity index (χ3n) is 4.59. The van der Waals surface area contributed by atoms with Gasteiger partial charge in [0, 0.05) is 25.5 Å².